The number of hydrogen-bond acceptors (Lipinski definition) is 3. The molecule has 0 heterocycles. The van der Waals surface area contributed by atoms with E-state index in [9.17, 15) is 5.11 Å². The second-order valence-electron chi connectivity index (χ2n) is 6.16. The maximum atomic E-state index is 9.38. The Morgan fingerprint density at radius 3 is 2.52 bits per heavy atom. The van der Waals surface area contributed by atoms with Gasteiger partial charge in [-0.1, -0.05) is 26.0 Å². The van der Waals surface area contributed by atoms with Crippen LogP contribution in [0.1, 0.15) is 50.7 Å². The highest BCUT2D eigenvalue weighted by Gasteiger charge is 2.20. The first kappa shape index (κ1) is 16.3. The zero-order valence-electron chi connectivity index (χ0n) is 13.7. The lowest BCUT2D eigenvalue weighted by molar-refractivity contribution is 0.296. The van der Waals surface area contributed by atoms with Crippen molar-refractivity contribution in [3.63, 3.8) is 0 Å². The van der Waals surface area contributed by atoms with Gasteiger partial charge in [0.05, 0.1) is 6.61 Å². The average molecular weight is 290 g/mol. The summed E-state index contributed by atoms with van der Waals surface area (Å²) in [5.74, 6) is 0. The Morgan fingerprint density at radius 2 is 2.00 bits per heavy atom. The van der Waals surface area contributed by atoms with Crippen LogP contribution in [0.4, 0.5) is 5.69 Å². The number of aryl methyl sites for hydroxylation is 1. The monoisotopic (exact) mass is 290 g/mol. The summed E-state index contributed by atoms with van der Waals surface area (Å²) in [7, 11) is 0. The van der Waals surface area contributed by atoms with E-state index >= 15 is 0 Å². The van der Waals surface area contributed by atoms with Crippen molar-refractivity contribution in [2.45, 2.75) is 65.1 Å². The third kappa shape index (κ3) is 4.45. The topological polar surface area (TPSA) is 35.5 Å². The molecule has 0 spiro atoms. The van der Waals surface area contributed by atoms with E-state index in [4.69, 9.17) is 0 Å². The molecular formula is C18H30N2O. The molecule has 0 bridgehead atoms. The van der Waals surface area contributed by atoms with Crippen LogP contribution < -0.4 is 10.2 Å². The Kier molecular flexibility index (Phi) is 6.07. The molecule has 0 radical (unpaired) electrons. The van der Waals surface area contributed by atoms with Crippen LogP contribution in [0.2, 0.25) is 0 Å². The van der Waals surface area contributed by atoms with Crippen molar-refractivity contribution in [3.05, 3.63) is 29.3 Å². The van der Waals surface area contributed by atoms with Crippen LogP contribution in [0.25, 0.3) is 0 Å². The summed E-state index contributed by atoms with van der Waals surface area (Å²) in [5.41, 5.74) is 3.94. The van der Waals surface area contributed by atoms with E-state index < -0.39 is 0 Å². The minimum Gasteiger partial charge on any atom is -0.395 e. The number of nitrogens with zero attached hydrogens (tertiary/aromatic N) is 1. The molecule has 1 aliphatic rings. The normalized spacial score (nSPS) is 14.7. The first-order valence-electron chi connectivity index (χ1n) is 8.40. The highest BCUT2D eigenvalue weighted by atomic mass is 16.3. The minimum atomic E-state index is 0.209. The predicted octanol–water partition coefficient (Wildman–Crippen LogP) is 3.23. The molecule has 2 rings (SSSR count). The van der Waals surface area contributed by atoms with Crippen LogP contribution in [0.15, 0.2) is 18.2 Å². The molecule has 1 saturated carbocycles. The van der Waals surface area contributed by atoms with Gasteiger partial charge >= 0.3 is 0 Å². The molecule has 0 aromatic heterocycles. The molecule has 1 aromatic rings. The lowest BCUT2D eigenvalue weighted by Crippen LogP contribution is -2.37. The summed E-state index contributed by atoms with van der Waals surface area (Å²) >= 11 is 0. The third-order valence-corrected chi connectivity index (χ3v) is 4.47. The number of aliphatic hydroxyl groups excluding tert-OH is 1. The van der Waals surface area contributed by atoms with Gasteiger partial charge in [0, 0.05) is 30.9 Å². The van der Waals surface area contributed by atoms with Crippen LogP contribution in [0, 0.1) is 6.92 Å². The van der Waals surface area contributed by atoms with Crippen LogP contribution in [-0.4, -0.2) is 30.3 Å². The van der Waals surface area contributed by atoms with Crippen molar-refractivity contribution in [1.29, 1.82) is 0 Å². The van der Waals surface area contributed by atoms with Crippen LogP contribution >= 0.6 is 0 Å². The summed E-state index contributed by atoms with van der Waals surface area (Å²) in [5, 5.41) is 12.9. The first-order chi connectivity index (χ1) is 10.2. The van der Waals surface area contributed by atoms with Crippen molar-refractivity contribution in [3.8, 4) is 0 Å². The van der Waals surface area contributed by atoms with Gasteiger partial charge in [0.25, 0.3) is 0 Å². The van der Waals surface area contributed by atoms with Crippen molar-refractivity contribution in [1.82, 2.24) is 5.32 Å². The van der Waals surface area contributed by atoms with Gasteiger partial charge in [0.1, 0.15) is 0 Å². The van der Waals surface area contributed by atoms with Gasteiger partial charge in [-0.05, 0) is 49.8 Å². The fraction of sp³-hybridized carbons (Fsp3) is 0.667. The van der Waals surface area contributed by atoms with Gasteiger partial charge in [0.2, 0.25) is 0 Å². The average Bonchev–Trinajstić information content (AvgIpc) is 3.30. The van der Waals surface area contributed by atoms with E-state index in [-0.39, 0.29) is 6.61 Å². The Morgan fingerprint density at radius 1 is 1.29 bits per heavy atom. The SMILES string of the molecule is CCC(CC)N(CCO)c1ccc(CNC2CC2)cc1C. The van der Waals surface area contributed by atoms with Gasteiger partial charge < -0.3 is 15.3 Å². The summed E-state index contributed by atoms with van der Waals surface area (Å²) in [6.07, 6.45) is 4.88. The van der Waals surface area contributed by atoms with Crippen molar-refractivity contribution >= 4 is 5.69 Å². The molecular weight excluding hydrogens is 260 g/mol. The van der Waals surface area contributed by atoms with E-state index in [1.54, 1.807) is 0 Å². The molecule has 2 N–H and O–H groups in total. The summed E-state index contributed by atoms with van der Waals surface area (Å²) in [4.78, 5) is 2.37. The van der Waals surface area contributed by atoms with Gasteiger partial charge in [0.15, 0.2) is 0 Å². The molecule has 118 valence electrons. The number of benzene rings is 1. The molecule has 0 atom stereocenters. The Bertz CT molecular complexity index is 439. The van der Waals surface area contributed by atoms with E-state index in [1.165, 1.54) is 29.7 Å². The maximum Gasteiger partial charge on any atom is 0.0606 e. The molecule has 1 aliphatic carbocycles. The zero-order chi connectivity index (χ0) is 15.2. The number of rotatable bonds is 9. The van der Waals surface area contributed by atoms with E-state index in [2.05, 4.69) is 49.2 Å². The minimum absolute atomic E-state index is 0.209. The molecule has 3 heteroatoms. The van der Waals surface area contributed by atoms with Gasteiger partial charge in [-0.15, -0.1) is 0 Å². The number of nitrogens with one attached hydrogen (secondary N) is 1. The van der Waals surface area contributed by atoms with Crippen molar-refractivity contribution in [2.24, 2.45) is 0 Å². The molecule has 0 saturated heterocycles. The van der Waals surface area contributed by atoms with Crippen LogP contribution in [0.5, 0.6) is 0 Å². The quantitative estimate of drug-likeness (QED) is 0.733. The summed E-state index contributed by atoms with van der Waals surface area (Å²) in [6.45, 7) is 8.52. The largest absolute Gasteiger partial charge is 0.395 e. The van der Waals surface area contributed by atoms with Gasteiger partial charge in [-0.25, -0.2) is 0 Å². The van der Waals surface area contributed by atoms with Crippen molar-refractivity contribution in [2.75, 3.05) is 18.1 Å². The van der Waals surface area contributed by atoms with Crippen LogP contribution in [-0.2, 0) is 6.54 Å². The Hall–Kier alpha value is -1.06. The Balaban J connectivity index is 2.11. The van der Waals surface area contributed by atoms with E-state index in [1.807, 2.05) is 0 Å². The van der Waals surface area contributed by atoms with Crippen LogP contribution in [0.3, 0.4) is 0 Å². The molecule has 1 aromatic carbocycles. The predicted molar refractivity (Wildman–Crippen MR) is 89.8 cm³/mol. The lowest BCUT2D eigenvalue weighted by atomic mass is 10.0. The fourth-order valence-corrected chi connectivity index (χ4v) is 3.04. The molecule has 3 nitrogen and oxygen atoms in total. The smallest absolute Gasteiger partial charge is 0.0606 e. The van der Waals surface area contributed by atoms with E-state index in [0.717, 1.165) is 25.4 Å². The number of hydrogen-bond donors (Lipinski definition) is 2. The number of anilines is 1. The molecule has 0 aliphatic heterocycles. The Labute approximate surface area is 129 Å². The van der Waals surface area contributed by atoms with E-state index in [0.29, 0.717) is 12.6 Å². The second-order valence-corrected chi connectivity index (χ2v) is 6.16. The van der Waals surface area contributed by atoms with Crippen molar-refractivity contribution < 1.29 is 5.11 Å². The van der Waals surface area contributed by atoms with Gasteiger partial charge in [-0.3, -0.25) is 0 Å². The van der Waals surface area contributed by atoms with Gasteiger partial charge in [-0.2, -0.15) is 0 Å². The summed E-state index contributed by atoms with van der Waals surface area (Å²) in [6, 6.07) is 8.00. The lowest BCUT2D eigenvalue weighted by Gasteiger charge is -2.33. The number of aliphatic hydroxyl groups is 1. The fourth-order valence-electron chi connectivity index (χ4n) is 3.04. The molecule has 21 heavy (non-hydrogen) atoms. The third-order valence-electron chi connectivity index (χ3n) is 4.47. The molecule has 0 unspecified atom stereocenters. The highest BCUT2D eigenvalue weighted by Crippen LogP contribution is 2.26. The maximum absolute atomic E-state index is 9.38. The summed E-state index contributed by atoms with van der Waals surface area (Å²) < 4.78 is 0. The molecule has 1 fully saturated rings. The second kappa shape index (κ2) is 7.81. The molecule has 0 amide bonds. The highest BCUT2D eigenvalue weighted by molar-refractivity contribution is 5.55. The zero-order valence-corrected chi connectivity index (χ0v) is 13.7. The standard InChI is InChI=1S/C18H30N2O/c1-4-17(5-2)20(10-11-21)18-9-6-15(12-14(18)3)13-19-16-7-8-16/h6,9,12,16-17,19,21H,4-5,7-8,10-11,13H2,1-3H3. The first-order valence-corrected chi connectivity index (χ1v) is 8.40.